The van der Waals surface area contributed by atoms with Gasteiger partial charge in [-0.1, -0.05) is 56.5 Å². The molecule has 0 aliphatic carbocycles. The predicted molar refractivity (Wildman–Crippen MR) is 112 cm³/mol. The fraction of sp³-hybridized carbons (Fsp3) is 0.273. The smallest absolute Gasteiger partial charge is 0.744 e. The maximum absolute atomic E-state index is 11.3. The van der Waals surface area contributed by atoms with Gasteiger partial charge in [-0.3, -0.25) is 0 Å². The van der Waals surface area contributed by atoms with Gasteiger partial charge in [-0.05, 0) is 48.1 Å². The van der Waals surface area contributed by atoms with Crippen LogP contribution in [-0.4, -0.2) is 18.1 Å². The second kappa shape index (κ2) is 11.0. The minimum atomic E-state index is -4.56. The maximum atomic E-state index is 11.3. The van der Waals surface area contributed by atoms with Gasteiger partial charge in [0.25, 0.3) is 0 Å². The molecule has 3 rings (SSSR count). The third kappa shape index (κ3) is 6.12. The van der Waals surface area contributed by atoms with Crippen molar-refractivity contribution in [2.45, 2.75) is 43.9 Å². The topological polar surface area (TPSA) is 102 Å². The van der Waals surface area contributed by atoms with Gasteiger partial charge >= 0.3 is 29.6 Å². The second-order valence-corrected chi connectivity index (χ2v) is 8.29. The molecule has 0 amide bonds. The van der Waals surface area contributed by atoms with Crippen LogP contribution in [-0.2, 0) is 16.5 Å². The Morgan fingerprint density at radius 1 is 0.967 bits per heavy atom. The van der Waals surface area contributed by atoms with Crippen molar-refractivity contribution in [3.63, 3.8) is 0 Å². The number of fused-ring (bicyclic) bond motifs is 1. The van der Waals surface area contributed by atoms with Crippen LogP contribution >= 0.6 is 0 Å². The molecular weight excluding hydrogens is 411 g/mol. The zero-order valence-electron chi connectivity index (χ0n) is 17.2. The van der Waals surface area contributed by atoms with Crippen molar-refractivity contribution in [2.24, 2.45) is 10.2 Å². The van der Waals surface area contributed by atoms with Gasteiger partial charge in [-0.2, -0.15) is 5.11 Å². The Morgan fingerprint density at radius 2 is 1.73 bits per heavy atom. The first kappa shape index (κ1) is 24.5. The summed E-state index contributed by atoms with van der Waals surface area (Å²) in [6, 6.07) is 14.7. The van der Waals surface area contributed by atoms with Gasteiger partial charge in [0.1, 0.15) is 21.6 Å². The molecule has 3 aromatic carbocycles. The molecule has 0 aromatic heterocycles. The molecule has 0 heterocycles. The van der Waals surface area contributed by atoms with E-state index in [9.17, 15) is 18.1 Å². The van der Waals surface area contributed by atoms with E-state index in [4.69, 9.17) is 0 Å². The Hall–Kier alpha value is -1.77. The zero-order chi connectivity index (χ0) is 20.9. The summed E-state index contributed by atoms with van der Waals surface area (Å²) in [6.45, 7) is 2.17. The summed E-state index contributed by atoms with van der Waals surface area (Å²) in [4.78, 5) is -0.323. The number of unbranched alkanes of at least 4 members (excludes halogenated alkanes) is 3. The van der Waals surface area contributed by atoms with Crippen molar-refractivity contribution in [1.29, 1.82) is 0 Å². The van der Waals surface area contributed by atoms with Gasteiger partial charge < -0.3 is 9.66 Å². The van der Waals surface area contributed by atoms with Crippen LogP contribution in [0.1, 0.15) is 38.2 Å². The largest absolute Gasteiger partial charge is 1.00 e. The number of nitrogens with zero attached hydrogens (tertiary/aromatic N) is 2. The molecule has 0 aliphatic heterocycles. The minimum absolute atomic E-state index is 0. The molecule has 0 fully saturated rings. The first-order chi connectivity index (χ1) is 13.9. The summed E-state index contributed by atoms with van der Waals surface area (Å²) in [5.74, 6) is -0.0700. The third-order valence-electron chi connectivity index (χ3n) is 4.78. The number of hydrogen-bond acceptors (Lipinski definition) is 6. The molecule has 0 saturated heterocycles. The van der Waals surface area contributed by atoms with E-state index in [1.54, 1.807) is 6.07 Å². The zero-order valence-corrected chi connectivity index (χ0v) is 20.0. The summed E-state index contributed by atoms with van der Waals surface area (Å²) in [5, 5.41) is 19.8. The van der Waals surface area contributed by atoms with E-state index in [-0.39, 0.29) is 45.9 Å². The number of aromatic hydroxyl groups is 1. The standard InChI is InChI=1S/C22H24N2O4S.Na/c1-2-3-4-5-8-16-9-6-7-10-20(16)23-24-22-19-13-12-18(29(26,27)28)15-17(19)11-14-21(22)25;/h6-7,9-15,25H,2-5,8H2,1H3,(H,26,27,28);/q;+1/p-1. The van der Waals surface area contributed by atoms with Crippen molar-refractivity contribution in [3.8, 4) is 5.75 Å². The Balaban J connectivity index is 0.00000320. The summed E-state index contributed by atoms with van der Waals surface area (Å²) >= 11 is 0. The van der Waals surface area contributed by atoms with E-state index in [1.807, 2.05) is 24.3 Å². The molecule has 30 heavy (non-hydrogen) atoms. The normalized spacial score (nSPS) is 11.7. The van der Waals surface area contributed by atoms with Crippen molar-refractivity contribution < 1.29 is 47.6 Å². The number of hydrogen-bond donors (Lipinski definition) is 1. The fourth-order valence-electron chi connectivity index (χ4n) is 3.21. The first-order valence-corrected chi connectivity index (χ1v) is 11.0. The van der Waals surface area contributed by atoms with Gasteiger partial charge in [0.05, 0.1) is 10.6 Å². The van der Waals surface area contributed by atoms with Crippen LogP contribution in [0.2, 0.25) is 0 Å². The number of azo groups is 1. The predicted octanol–water partition coefficient (Wildman–Crippen LogP) is 2.99. The molecule has 6 nitrogen and oxygen atoms in total. The number of aryl methyl sites for hydroxylation is 1. The van der Waals surface area contributed by atoms with Crippen LogP contribution in [0.3, 0.4) is 0 Å². The van der Waals surface area contributed by atoms with E-state index in [0.717, 1.165) is 30.5 Å². The quantitative estimate of drug-likeness (QED) is 0.255. The molecule has 0 atom stereocenters. The summed E-state index contributed by atoms with van der Waals surface area (Å²) in [6.07, 6.45) is 5.52. The van der Waals surface area contributed by atoms with Crippen molar-refractivity contribution >= 4 is 32.3 Å². The SMILES string of the molecule is CCCCCCc1ccccc1N=Nc1c(O)ccc2cc(S(=O)(=O)[O-])ccc12.[Na+]. The van der Waals surface area contributed by atoms with Gasteiger partial charge in [0, 0.05) is 5.39 Å². The molecule has 0 bridgehead atoms. The Kier molecular flexibility index (Phi) is 9.00. The van der Waals surface area contributed by atoms with Crippen LogP contribution in [0.4, 0.5) is 11.4 Å². The number of phenolic OH excluding ortho intramolecular Hbond substituents is 1. The molecule has 0 unspecified atom stereocenters. The second-order valence-electron chi connectivity index (χ2n) is 6.91. The number of benzene rings is 3. The molecule has 1 N–H and O–H groups in total. The molecule has 0 aliphatic rings. The van der Waals surface area contributed by atoms with Crippen molar-refractivity contribution in [2.75, 3.05) is 0 Å². The molecule has 152 valence electrons. The van der Waals surface area contributed by atoms with Crippen LogP contribution < -0.4 is 29.6 Å². The van der Waals surface area contributed by atoms with Crippen LogP contribution in [0.5, 0.6) is 5.75 Å². The molecule has 0 saturated carbocycles. The van der Waals surface area contributed by atoms with Crippen LogP contribution in [0.25, 0.3) is 10.8 Å². The van der Waals surface area contributed by atoms with Crippen molar-refractivity contribution in [1.82, 2.24) is 0 Å². The Bertz CT molecular complexity index is 1150. The third-order valence-corrected chi connectivity index (χ3v) is 5.61. The van der Waals surface area contributed by atoms with E-state index >= 15 is 0 Å². The van der Waals surface area contributed by atoms with Gasteiger partial charge in [0.15, 0.2) is 0 Å². The average Bonchev–Trinajstić information content (AvgIpc) is 2.70. The van der Waals surface area contributed by atoms with Crippen LogP contribution in [0, 0.1) is 0 Å². The minimum Gasteiger partial charge on any atom is -0.744 e. The van der Waals surface area contributed by atoms with Gasteiger partial charge in [-0.15, -0.1) is 5.11 Å². The summed E-state index contributed by atoms with van der Waals surface area (Å²) in [7, 11) is -4.56. The fourth-order valence-corrected chi connectivity index (χ4v) is 3.71. The van der Waals surface area contributed by atoms with Gasteiger partial charge in [-0.25, -0.2) is 8.42 Å². The van der Waals surface area contributed by atoms with Gasteiger partial charge in [0.2, 0.25) is 0 Å². The molecular formula is C22H23N2NaO4S. The number of rotatable bonds is 8. The van der Waals surface area contributed by atoms with E-state index in [2.05, 4.69) is 17.2 Å². The van der Waals surface area contributed by atoms with E-state index < -0.39 is 10.1 Å². The summed E-state index contributed by atoms with van der Waals surface area (Å²) < 4.78 is 33.8. The average molecular weight is 434 g/mol. The maximum Gasteiger partial charge on any atom is 1.00 e. The Labute approximate surface area is 199 Å². The molecule has 3 aromatic rings. The van der Waals surface area contributed by atoms with Crippen LogP contribution in [0.15, 0.2) is 69.7 Å². The molecule has 0 radical (unpaired) electrons. The van der Waals surface area contributed by atoms with Crippen molar-refractivity contribution in [3.05, 3.63) is 60.2 Å². The number of phenols is 1. The van der Waals surface area contributed by atoms with E-state index in [1.165, 1.54) is 37.1 Å². The first-order valence-electron chi connectivity index (χ1n) is 9.61. The molecule has 8 heteroatoms. The van der Waals surface area contributed by atoms with E-state index in [0.29, 0.717) is 10.8 Å². The monoisotopic (exact) mass is 434 g/mol. The Morgan fingerprint density at radius 3 is 2.47 bits per heavy atom. The summed E-state index contributed by atoms with van der Waals surface area (Å²) in [5.41, 5.74) is 2.06. The molecule has 0 spiro atoms.